The summed E-state index contributed by atoms with van der Waals surface area (Å²) in [4.78, 5) is 18.6. The summed E-state index contributed by atoms with van der Waals surface area (Å²) in [5.41, 5.74) is 2.89. The molecule has 2 rings (SSSR count). The molecule has 1 aromatic heterocycles. The smallest absolute Gasteiger partial charge is 0.312 e. The van der Waals surface area contributed by atoms with Gasteiger partial charge in [0.25, 0.3) is 0 Å². The fraction of sp³-hybridized carbons (Fsp3) is 0.167. The summed E-state index contributed by atoms with van der Waals surface area (Å²) in [6, 6.07) is 5.82. The Morgan fingerprint density at radius 1 is 1.43 bits per heavy atom. The zero-order valence-electron chi connectivity index (χ0n) is 11.0. The van der Waals surface area contributed by atoms with Crippen molar-refractivity contribution in [3.63, 3.8) is 0 Å². The number of nitrogens with zero attached hydrogens (tertiary/aromatic N) is 3. The van der Waals surface area contributed by atoms with Crippen LogP contribution in [0.15, 0.2) is 24.3 Å². The van der Waals surface area contributed by atoms with Crippen molar-refractivity contribution in [2.24, 2.45) is 5.84 Å². The van der Waals surface area contributed by atoms with E-state index in [1.165, 1.54) is 18.2 Å². The van der Waals surface area contributed by atoms with Crippen molar-refractivity contribution in [3.05, 3.63) is 50.9 Å². The fourth-order valence-corrected chi connectivity index (χ4v) is 1.83. The van der Waals surface area contributed by atoms with E-state index in [-0.39, 0.29) is 23.1 Å². The van der Waals surface area contributed by atoms with E-state index in [0.717, 1.165) is 0 Å². The van der Waals surface area contributed by atoms with Gasteiger partial charge in [0.2, 0.25) is 0 Å². The number of nitrogen functional groups attached to an aromatic ring is 1. The van der Waals surface area contributed by atoms with Crippen molar-refractivity contribution in [3.8, 4) is 5.75 Å². The minimum Gasteiger partial charge on any atom is -0.479 e. The van der Waals surface area contributed by atoms with Crippen LogP contribution in [0, 0.1) is 17.0 Å². The molecule has 9 heteroatoms. The Balaban J connectivity index is 2.20. The van der Waals surface area contributed by atoms with E-state index in [9.17, 15) is 10.1 Å². The Hall–Kier alpha value is -2.45. The molecule has 3 N–H and O–H groups in total. The van der Waals surface area contributed by atoms with E-state index in [0.29, 0.717) is 17.3 Å². The van der Waals surface area contributed by atoms with Crippen LogP contribution < -0.4 is 16.0 Å². The summed E-state index contributed by atoms with van der Waals surface area (Å²) < 4.78 is 5.40. The first-order valence-corrected chi connectivity index (χ1v) is 6.25. The topological polar surface area (TPSA) is 116 Å². The van der Waals surface area contributed by atoms with E-state index in [2.05, 4.69) is 15.4 Å². The highest BCUT2D eigenvalue weighted by Crippen LogP contribution is 2.30. The third kappa shape index (κ3) is 3.77. The lowest BCUT2D eigenvalue weighted by Gasteiger charge is -2.08. The number of hydrogen-bond acceptors (Lipinski definition) is 7. The van der Waals surface area contributed by atoms with E-state index in [4.69, 9.17) is 22.2 Å². The molecule has 0 aliphatic rings. The zero-order valence-corrected chi connectivity index (χ0v) is 11.8. The predicted molar refractivity (Wildman–Crippen MR) is 77.0 cm³/mol. The molecule has 0 amide bonds. The number of rotatable bonds is 5. The third-order valence-electron chi connectivity index (χ3n) is 2.52. The van der Waals surface area contributed by atoms with Gasteiger partial charge in [0.1, 0.15) is 12.4 Å². The highest BCUT2D eigenvalue weighted by molar-refractivity contribution is 6.30. The van der Waals surface area contributed by atoms with E-state index >= 15 is 0 Å². The number of halogens is 1. The molecule has 0 radical (unpaired) electrons. The summed E-state index contributed by atoms with van der Waals surface area (Å²) in [5.74, 6) is 6.18. The molecule has 1 aromatic carbocycles. The fourth-order valence-electron chi connectivity index (χ4n) is 1.67. The van der Waals surface area contributed by atoms with Crippen LogP contribution in [0.4, 0.5) is 11.5 Å². The van der Waals surface area contributed by atoms with Gasteiger partial charge >= 0.3 is 5.69 Å². The Bertz CT molecular complexity index is 680. The van der Waals surface area contributed by atoms with Crippen LogP contribution in [0.25, 0.3) is 0 Å². The standard InChI is InChI=1S/C12H12ClN5O3/c1-7-4-11(17-14)16-12(15-7)6-21-10-3-2-8(13)5-9(10)18(19)20/h2-5H,6,14H2,1H3,(H,15,16,17). The molecule has 8 nitrogen and oxygen atoms in total. The van der Waals surface area contributed by atoms with Crippen LogP contribution in [-0.4, -0.2) is 14.9 Å². The van der Waals surface area contributed by atoms with Crippen LogP contribution in [0.5, 0.6) is 5.75 Å². The summed E-state index contributed by atoms with van der Waals surface area (Å²) in [5, 5.41) is 11.2. The Morgan fingerprint density at radius 2 is 2.19 bits per heavy atom. The molecule has 2 aromatic rings. The monoisotopic (exact) mass is 309 g/mol. The van der Waals surface area contributed by atoms with Gasteiger partial charge in [-0.3, -0.25) is 10.1 Å². The lowest BCUT2D eigenvalue weighted by atomic mass is 10.3. The molecule has 110 valence electrons. The molecule has 0 saturated heterocycles. The number of hydrazine groups is 1. The number of nitrogens with one attached hydrogen (secondary N) is 1. The molecule has 0 aliphatic carbocycles. The van der Waals surface area contributed by atoms with Crippen molar-refractivity contribution < 1.29 is 9.66 Å². The maximum absolute atomic E-state index is 10.9. The minimum atomic E-state index is -0.564. The number of hydrogen-bond donors (Lipinski definition) is 2. The van der Waals surface area contributed by atoms with Crippen molar-refractivity contribution in [2.45, 2.75) is 13.5 Å². The first-order chi connectivity index (χ1) is 9.99. The van der Waals surface area contributed by atoms with Gasteiger partial charge in [0.05, 0.1) is 4.92 Å². The number of aryl methyl sites for hydroxylation is 1. The van der Waals surface area contributed by atoms with Crippen molar-refractivity contribution in [1.82, 2.24) is 9.97 Å². The Kier molecular flexibility index (Phi) is 4.51. The first kappa shape index (κ1) is 14.9. The van der Waals surface area contributed by atoms with Gasteiger partial charge in [-0.1, -0.05) is 11.6 Å². The third-order valence-corrected chi connectivity index (χ3v) is 2.76. The van der Waals surface area contributed by atoms with Crippen LogP contribution in [0.3, 0.4) is 0 Å². The van der Waals surface area contributed by atoms with Gasteiger partial charge in [0, 0.05) is 22.8 Å². The maximum Gasteiger partial charge on any atom is 0.312 e. The van der Waals surface area contributed by atoms with Gasteiger partial charge in [-0.05, 0) is 19.1 Å². The lowest BCUT2D eigenvalue weighted by molar-refractivity contribution is -0.385. The molecule has 0 atom stereocenters. The van der Waals surface area contributed by atoms with Gasteiger partial charge < -0.3 is 10.2 Å². The first-order valence-electron chi connectivity index (χ1n) is 5.87. The molecule has 0 spiro atoms. The molecule has 21 heavy (non-hydrogen) atoms. The molecular weight excluding hydrogens is 298 g/mol. The van der Waals surface area contributed by atoms with Gasteiger partial charge in [0.15, 0.2) is 11.6 Å². The maximum atomic E-state index is 10.9. The molecule has 1 heterocycles. The van der Waals surface area contributed by atoms with Crippen molar-refractivity contribution >= 4 is 23.1 Å². The van der Waals surface area contributed by atoms with E-state index < -0.39 is 4.92 Å². The normalized spacial score (nSPS) is 10.2. The Morgan fingerprint density at radius 3 is 2.86 bits per heavy atom. The number of nitro groups is 1. The molecule has 0 aliphatic heterocycles. The molecular formula is C12H12ClN5O3. The van der Waals surface area contributed by atoms with Crippen LogP contribution in [0.1, 0.15) is 11.5 Å². The second-order valence-electron chi connectivity index (χ2n) is 4.11. The number of nitrogens with two attached hydrogens (primary N) is 1. The van der Waals surface area contributed by atoms with Crippen LogP contribution in [-0.2, 0) is 6.61 Å². The zero-order chi connectivity index (χ0) is 15.4. The van der Waals surface area contributed by atoms with E-state index in [1.807, 2.05) is 0 Å². The summed E-state index contributed by atoms with van der Waals surface area (Å²) in [6.45, 7) is 1.75. The quantitative estimate of drug-likeness (QED) is 0.494. The predicted octanol–water partition coefficient (Wildman–Crippen LogP) is 2.21. The van der Waals surface area contributed by atoms with Gasteiger partial charge in [-0.2, -0.15) is 0 Å². The van der Waals surface area contributed by atoms with Crippen molar-refractivity contribution in [2.75, 3.05) is 5.43 Å². The molecule has 0 unspecified atom stereocenters. The highest BCUT2D eigenvalue weighted by Gasteiger charge is 2.16. The number of nitro benzene ring substituents is 1. The van der Waals surface area contributed by atoms with Crippen molar-refractivity contribution in [1.29, 1.82) is 0 Å². The molecule has 0 fully saturated rings. The number of ether oxygens (including phenoxy) is 1. The van der Waals surface area contributed by atoms with Gasteiger partial charge in [-0.25, -0.2) is 15.8 Å². The van der Waals surface area contributed by atoms with Gasteiger partial charge in [-0.15, -0.1) is 0 Å². The summed E-state index contributed by atoms with van der Waals surface area (Å²) in [6.07, 6.45) is 0. The Labute approximate surface area is 125 Å². The second-order valence-corrected chi connectivity index (χ2v) is 4.55. The van der Waals surface area contributed by atoms with E-state index in [1.54, 1.807) is 13.0 Å². The average molecular weight is 310 g/mol. The minimum absolute atomic E-state index is 0.0289. The SMILES string of the molecule is Cc1cc(NN)nc(COc2ccc(Cl)cc2[N+](=O)[O-])n1. The largest absolute Gasteiger partial charge is 0.479 e. The van der Waals surface area contributed by atoms with Crippen LogP contribution >= 0.6 is 11.6 Å². The highest BCUT2D eigenvalue weighted by atomic mass is 35.5. The second kappa shape index (κ2) is 6.33. The number of benzene rings is 1. The lowest BCUT2D eigenvalue weighted by Crippen LogP contribution is -2.12. The number of aromatic nitrogens is 2. The average Bonchev–Trinajstić information content (AvgIpc) is 2.45. The summed E-state index contributed by atoms with van der Waals surface area (Å²) in [7, 11) is 0. The van der Waals surface area contributed by atoms with Crippen LogP contribution in [0.2, 0.25) is 5.02 Å². The summed E-state index contributed by atoms with van der Waals surface area (Å²) >= 11 is 5.73. The molecule has 0 saturated carbocycles. The number of anilines is 1. The molecule has 0 bridgehead atoms.